The van der Waals surface area contributed by atoms with E-state index in [4.69, 9.17) is 5.11 Å². The minimum absolute atomic E-state index is 0.140. The number of urea groups is 1. The molecule has 2 amide bonds. The number of nitrogens with one attached hydrogen (secondary N) is 1. The highest BCUT2D eigenvalue weighted by atomic mass is 16.4. The van der Waals surface area contributed by atoms with Crippen LogP contribution in [0.15, 0.2) is 18.2 Å². The van der Waals surface area contributed by atoms with E-state index in [1.165, 1.54) is 0 Å². The summed E-state index contributed by atoms with van der Waals surface area (Å²) in [6.07, 6.45) is 3.34. The molecule has 1 aliphatic rings. The van der Waals surface area contributed by atoms with E-state index in [-0.39, 0.29) is 11.6 Å². The van der Waals surface area contributed by atoms with E-state index < -0.39 is 5.97 Å². The Morgan fingerprint density at radius 2 is 2.19 bits per heavy atom. The number of nitrogens with zero attached hydrogens (tertiary/aromatic N) is 1. The predicted octanol–water partition coefficient (Wildman–Crippen LogP) is 3.35. The molecule has 2 rings (SSSR count). The monoisotopic (exact) mass is 290 g/mol. The molecule has 1 atom stereocenters. The Labute approximate surface area is 125 Å². The molecule has 114 valence electrons. The van der Waals surface area contributed by atoms with Gasteiger partial charge in [-0.15, -0.1) is 0 Å². The van der Waals surface area contributed by atoms with Gasteiger partial charge in [0.1, 0.15) is 0 Å². The lowest BCUT2D eigenvalue weighted by Gasteiger charge is -2.18. The van der Waals surface area contributed by atoms with Crippen LogP contribution in [0.25, 0.3) is 0 Å². The van der Waals surface area contributed by atoms with E-state index in [2.05, 4.69) is 12.2 Å². The largest absolute Gasteiger partial charge is 0.478 e. The highest BCUT2D eigenvalue weighted by Crippen LogP contribution is 2.23. The number of aromatic carboxylic acids is 1. The van der Waals surface area contributed by atoms with Gasteiger partial charge in [-0.1, -0.05) is 19.4 Å². The van der Waals surface area contributed by atoms with Gasteiger partial charge in [-0.3, -0.25) is 0 Å². The fourth-order valence-corrected chi connectivity index (χ4v) is 2.86. The lowest BCUT2D eigenvalue weighted by Crippen LogP contribution is -2.33. The molecule has 1 unspecified atom stereocenters. The van der Waals surface area contributed by atoms with Crippen molar-refractivity contribution in [1.82, 2.24) is 4.90 Å². The number of hydrogen-bond acceptors (Lipinski definition) is 2. The van der Waals surface area contributed by atoms with Crippen molar-refractivity contribution in [2.45, 2.75) is 33.1 Å². The Bertz CT molecular complexity index is 542. The van der Waals surface area contributed by atoms with Gasteiger partial charge in [-0.25, -0.2) is 9.59 Å². The Morgan fingerprint density at radius 1 is 1.43 bits per heavy atom. The molecule has 1 aliphatic heterocycles. The molecule has 0 aromatic heterocycles. The zero-order chi connectivity index (χ0) is 15.4. The van der Waals surface area contributed by atoms with Crippen molar-refractivity contribution in [2.24, 2.45) is 5.92 Å². The van der Waals surface area contributed by atoms with E-state index in [1.54, 1.807) is 25.1 Å². The van der Waals surface area contributed by atoms with Gasteiger partial charge in [0.2, 0.25) is 0 Å². The van der Waals surface area contributed by atoms with Crippen LogP contribution in [-0.4, -0.2) is 35.1 Å². The van der Waals surface area contributed by atoms with E-state index >= 15 is 0 Å². The van der Waals surface area contributed by atoms with Crippen molar-refractivity contribution in [1.29, 1.82) is 0 Å². The highest BCUT2D eigenvalue weighted by Gasteiger charge is 2.26. The van der Waals surface area contributed by atoms with E-state index in [0.717, 1.165) is 32.4 Å². The number of amides is 2. The molecule has 5 nitrogen and oxygen atoms in total. The van der Waals surface area contributed by atoms with Crippen LogP contribution in [0.4, 0.5) is 10.5 Å². The number of carboxylic acid groups (broad SMARTS) is 1. The van der Waals surface area contributed by atoms with Gasteiger partial charge in [0, 0.05) is 18.8 Å². The van der Waals surface area contributed by atoms with Crippen molar-refractivity contribution in [3.05, 3.63) is 29.3 Å². The first-order chi connectivity index (χ1) is 10.0. The van der Waals surface area contributed by atoms with Gasteiger partial charge in [-0.2, -0.15) is 0 Å². The van der Waals surface area contributed by atoms with Gasteiger partial charge in [0.15, 0.2) is 0 Å². The highest BCUT2D eigenvalue weighted by molar-refractivity contribution is 5.95. The number of hydrogen-bond donors (Lipinski definition) is 2. The quantitative estimate of drug-likeness (QED) is 0.893. The Hall–Kier alpha value is -2.04. The summed E-state index contributed by atoms with van der Waals surface area (Å²) in [6.45, 7) is 5.43. The van der Waals surface area contributed by atoms with Crippen LogP contribution in [0.3, 0.4) is 0 Å². The van der Waals surface area contributed by atoms with Gasteiger partial charge >= 0.3 is 12.0 Å². The minimum Gasteiger partial charge on any atom is -0.478 e. The minimum atomic E-state index is -0.979. The maximum absolute atomic E-state index is 12.3. The van der Waals surface area contributed by atoms with E-state index in [1.807, 2.05) is 4.90 Å². The first-order valence-electron chi connectivity index (χ1n) is 7.41. The molecule has 2 N–H and O–H groups in total. The van der Waals surface area contributed by atoms with Crippen molar-refractivity contribution in [3.63, 3.8) is 0 Å². The average Bonchev–Trinajstić information content (AvgIpc) is 2.90. The summed E-state index contributed by atoms with van der Waals surface area (Å²) in [5, 5.41) is 11.9. The van der Waals surface area contributed by atoms with Gasteiger partial charge in [0.05, 0.1) is 5.56 Å². The van der Waals surface area contributed by atoms with Crippen LogP contribution >= 0.6 is 0 Å². The summed E-state index contributed by atoms with van der Waals surface area (Å²) < 4.78 is 0. The first kappa shape index (κ1) is 15.4. The Kier molecular flexibility index (Phi) is 4.83. The normalized spacial score (nSPS) is 17.8. The van der Waals surface area contributed by atoms with Crippen LogP contribution in [-0.2, 0) is 0 Å². The molecule has 1 aromatic carbocycles. The number of carbonyl (C=O) groups is 2. The summed E-state index contributed by atoms with van der Waals surface area (Å²) in [4.78, 5) is 25.2. The molecule has 0 aliphatic carbocycles. The Morgan fingerprint density at radius 3 is 2.86 bits per heavy atom. The molecule has 21 heavy (non-hydrogen) atoms. The second-order valence-corrected chi connectivity index (χ2v) is 5.60. The van der Waals surface area contributed by atoms with Crippen LogP contribution in [0.1, 0.15) is 42.1 Å². The second kappa shape index (κ2) is 6.61. The fourth-order valence-electron chi connectivity index (χ4n) is 2.86. The molecule has 0 saturated carbocycles. The SMILES string of the molecule is CCCC1CCN(C(=O)Nc2cccc(C(=O)O)c2C)C1. The molecule has 1 saturated heterocycles. The standard InChI is InChI=1S/C16H22N2O3/c1-3-5-12-8-9-18(10-12)16(21)17-14-7-4-6-13(11(14)2)15(19)20/h4,6-7,12H,3,5,8-10H2,1-2H3,(H,17,21)(H,19,20). The number of likely N-dealkylation sites (tertiary alicyclic amines) is 1. The molecule has 0 spiro atoms. The van der Waals surface area contributed by atoms with Crippen molar-refractivity contribution in [2.75, 3.05) is 18.4 Å². The number of carboxylic acids is 1. The topological polar surface area (TPSA) is 69.6 Å². The number of anilines is 1. The van der Waals surface area contributed by atoms with Crippen LogP contribution < -0.4 is 5.32 Å². The summed E-state index contributed by atoms with van der Waals surface area (Å²) in [6, 6.07) is 4.79. The lowest BCUT2D eigenvalue weighted by molar-refractivity contribution is 0.0696. The summed E-state index contributed by atoms with van der Waals surface area (Å²) in [5.74, 6) is -0.389. The Balaban J connectivity index is 2.04. The smallest absolute Gasteiger partial charge is 0.336 e. The van der Waals surface area contributed by atoms with E-state index in [0.29, 0.717) is 17.2 Å². The third-order valence-electron chi connectivity index (χ3n) is 4.08. The number of benzene rings is 1. The molecular formula is C16H22N2O3. The van der Waals surface area contributed by atoms with Crippen LogP contribution in [0, 0.1) is 12.8 Å². The fraction of sp³-hybridized carbons (Fsp3) is 0.500. The van der Waals surface area contributed by atoms with Crippen LogP contribution in [0.2, 0.25) is 0 Å². The first-order valence-corrected chi connectivity index (χ1v) is 7.41. The maximum atomic E-state index is 12.3. The third-order valence-corrected chi connectivity index (χ3v) is 4.08. The summed E-state index contributed by atoms with van der Waals surface area (Å²) >= 11 is 0. The van der Waals surface area contributed by atoms with Crippen molar-refractivity contribution < 1.29 is 14.7 Å². The molecule has 5 heteroatoms. The molecule has 1 fully saturated rings. The van der Waals surface area contributed by atoms with Gasteiger partial charge < -0.3 is 15.3 Å². The predicted molar refractivity (Wildman–Crippen MR) is 81.7 cm³/mol. The molecular weight excluding hydrogens is 268 g/mol. The number of rotatable bonds is 4. The zero-order valence-corrected chi connectivity index (χ0v) is 12.6. The molecule has 1 aromatic rings. The third kappa shape index (κ3) is 3.54. The summed E-state index contributed by atoms with van der Waals surface area (Å²) in [7, 11) is 0. The lowest BCUT2D eigenvalue weighted by atomic mass is 10.0. The van der Waals surface area contributed by atoms with Gasteiger partial charge in [0.25, 0.3) is 0 Å². The zero-order valence-electron chi connectivity index (χ0n) is 12.6. The number of carbonyl (C=O) groups excluding carboxylic acids is 1. The van der Waals surface area contributed by atoms with Crippen LogP contribution in [0.5, 0.6) is 0 Å². The van der Waals surface area contributed by atoms with Crippen molar-refractivity contribution >= 4 is 17.7 Å². The average molecular weight is 290 g/mol. The molecule has 1 heterocycles. The summed E-state index contributed by atoms with van der Waals surface area (Å²) in [5.41, 5.74) is 1.37. The van der Waals surface area contributed by atoms with Gasteiger partial charge in [-0.05, 0) is 43.4 Å². The second-order valence-electron chi connectivity index (χ2n) is 5.60. The van der Waals surface area contributed by atoms with Crippen molar-refractivity contribution in [3.8, 4) is 0 Å². The van der Waals surface area contributed by atoms with E-state index in [9.17, 15) is 9.59 Å². The maximum Gasteiger partial charge on any atom is 0.336 e. The molecule has 0 radical (unpaired) electrons. The molecule has 0 bridgehead atoms.